The molecule has 2 amide bonds. The van der Waals surface area contributed by atoms with Crippen molar-refractivity contribution in [1.29, 1.82) is 0 Å². The summed E-state index contributed by atoms with van der Waals surface area (Å²) in [6.45, 7) is 3.24. The largest absolute Gasteiger partial charge is 0.341 e. The van der Waals surface area contributed by atoms with Crippen LogP contribution in [0.15, 0.2) is 29.2 Å². The van der Waals surface area contributed by atoms with E-state index >= 15 is 0 Å². The van der Waals surface area contributed by atoms with Gasteiger partial charge >= 0.3 is 0 Å². The van der Waals surface area contributed by atoms with Crippen LogP contribution >= 0.6 is 0 Å². The molecule has 25 heavy (non-hydrogen) atoms. The number of rotatable bonds is 3. The number of nitrogens with two attached hydrogens (primary N) is 1. The van der Waals surface area contributed by atoms with Crippen LogP contribution in [-0.4, -0.2) is 57.9 Å². The maximum Gasteiger partial charge on any atom is 0.238 e. The number of benzene rings is 1. The lowest BCUT2D eigenvalue weighted by Gasteiger charge is -2.23. The minimum absolute atomic E-state index is 0.0119. The molecule has 9 heteroatoms. The van der Waals surface area contributed by atoms with Crippen LogP contribution in [0.3, 0.4) is 0 Å². The molecule has 2 aliphatic rings. The topological polar surface area (TPSA) is 113 Å². The van der Waals surface area contributed by atoms with Crippen molar-refractivity contribution in [3.63, 3.8) is 0 Å². The summed E-state index contributed by atoms with van der Waals surface area (Å²) in [4.78, 5) is 28.3. The summed E-state index contributed by atoms with van der Waals surface area (Å²) in [5, 5.41) is 8.40. The predicted molar refractivity (Wildman–Crippen MR) is 92.3 cm³/mol. The minimum Gasteiger partial charge on any atom is -0.341 e. The van der Waals surface area contributed by atoms with Crippen LogP contribution in [-0.2, 0) is 19.6 Å². The molecule has 0 bridgehead atoms. The van der Waals surface area contributed by atoms with Gasteiger partial charge in [-0.25, -0.2) is 13.6 Å². The number of primary sulfonamides is 1. The van der Waals surface area contributed by atoms with E-state index < -0.39 is 15.9 Å². The van der Waals surface area contributed by atoms with Crippen LogP contribution in [0.1, 0.15) is 12.8 Å². The number of hydrogen-bond acceptors (Lipinski definition) is 5. The second-order valence-corrected chi connectivity index (χ2v) is 7.94. The fourth-order valence-electron chi connectivity index (χ4n) is 3.28. The first-order chi connectivity index (χ1) is 11.9. The van der Waals surface area contributed by atoms with Crippen LogP contribution in [0.5, 0.6) is 0 Å². The number of hydrogen-bond donors (Lipinski definition) is 2. The maximum absolute atomic E-state index is 12.7. The first kappa shape index (κ1) is 17.8. The van der Waals surface area contributed by atoms with E-state index in [0.717, 1.165) is 19.5 Å². The molecule has 1 aromatic carbocycles. The Hall–Kier alpha value is -1.97. The zero-order valence-electron chi connectivity index (χ0n) is 13.8. The van der Waals surface area contributed by atoms with Gasteiger partial charge in [0.1, 0.15) is 0 Å². The Morgan fingerprint density at radius 1 is 1.24 bits per heavy atom. The molecule has 0 spiro atoms. The highest BCUT2D eigenvalue weighted by atomic mass is 32.2. The molecule has 1 aromatic rings. The van der Waals surface area contributed by atoms with Gasteiger partial charge < -0.3 is 15.1 Å². The van der Waals surface area contributed by atoms with Gasteiger partial charge in [0.05, 0.1) is 10.8 Å². The summed E-state index contributed by atoms with van der Waals surface area (Å²) in [7, 11) is -3.84. The summed E-state index contributed by atoms with van der Waals surface area (Å²) >= 11 is 0. The average Bonchev–Trinajstić information content (AvgIpc) is 2.79. The molecule has 0 saturated carbocycles. The molecular formula is C16H22N4O4S. The second-order valence-electron chi connectivity index (χ2n) is 6.38. The van der Waals surface area contributed by atoms with E-state index in [1.165, 1.54) is 23.1 Å². The van der Waals surface area contributed by atoms with E-state index in [1.807, 2.05) is 4.90 Å². The zero-order chi connectivity index (χ0) is 18.0. The van der Waals surface area contributed by atoms with Gasteiger partial charge in [-0.05, 0) is 31.2 Å². The summed E-state index contributed by atoms with van der Waals surface area (Å²) < 4.78 is 23.0. The molecule has 2 aliphatic heterocycles. The highest BCUT2D eigenvalue weighted by Crippen LogP contribution is 2.28. The van der Waals surface area contributed by atoms with Crippen molar-refractivity contribution in [2.24, 2.45) is 11.1 Å². The highest BCUT2D eigenvalue weighted by molar-refractivity contribution is 7.89. The smallest absolute Gasteiger partial charge is 0.238 e. The Balaban J connectivity index is 1.75. The average molecular weight is 366 g/mol. The van der Waals surface area contributed by atoms with E-state index in [0.29, 0.717) is 18.8 Å². The molecule has 2 saturated heterocycles. The number of carbonyl (C=O) groups is 2. The van der Waals surface area contributed by atoms with Crippen LogP contribution in [0, 0.1) is 5.92 Å². The van der Waals surface area contributed by atoms with Crippen molar-refractivity contribution in [3.8, 4) is 0 Å². The summed E-state index contributed by atoms with van der Waals surface area (Å²) in [5.41, 5.74) is 0.448. The van der Waals surface area contributed by atoms with E-state index in [9.17, 15) is 18.0 Å². The monoisotopic (exact) mass is 366 g/mol. The molecule has 1 unspecified atom stereocenters. The first-order valence-electron chi connectivity index (χ1n) is 8.29. The summed E-state index contributed by atoms with van der Waals surface area (Å²) in [6, 6.07) is 5.94. The summed E-state index contributed by atoms with van der Waals surface area (Å²) in [5.74, 6) is -0.594. The van der Waals surface area contributed by atoms with Crippen molar-refractivity contribution < 1.29 is 18.0 Å². The van der Waals surface area contributed by atoms with Gasteiger partial charge in [0, 0.05) is 38.3 Å². The quantitative estimate of drug-likeness (QED) is 0.749. The van der Waals surface area contributed by atoms with Gasteiger partial charge in [0.2, 0.25) is 21.8 Å². The lowest BCUT2D eigenvalue weighted by atomic mass is 10.1. The van der Waals surface area contributed by atoms with Crippen molar-refractivity contribution in [2.75, 3.05) is 37.6 Å². The zero-order valence-corrected chi connectivity index (χ0v) is 14.7. The van der Waals surface area contributed by atoms with Gasteiger partial charge in [-0.2, -0.15) is 0 Å². The minimum atomic E-state index is -3.84. The summed E-state index contributed by atoms with van der Waals surface area (Å²) in [6.07, 6.45) is 1.04. The highest BCUT2D eigenvalue weighted by Gasteiger charge is 2.37. The number of carbonyl (C=O) groups excluding carboxylic acids is 2. The lowest BCUT2D eigenvalue weighted by Crippen LogP contribution is -2.39. The van der Waals surface area contributed by atoms with Crippen LogP contribution < -0.4 is 15.4 Å². The molecule has 0 aliphatic carbocycles. The van der Waals surface area contributed by atoms with Gasteiger partial charge in [-0.3, -0.25) is 9.59 Å². The lowest BCUT2D eigenvalue weighted by molar-refractivity contribution is -0.135. The third-order valence-corrected chi connectivity index (χ3v) is 5.49. The van der Waals surface area contributed by atoms with Crippen LogP contribution in [0.2, 0.25) is 0 Å². The number of sulfonamides is 1. The normalized spacial score (nSPS) is 22.1. The van der Waals surface area contributed by atoms with E-state index in [4.69, 9.17) is 5.14 Å². The fraction of sp³-hybridized carbons (Fsp3) is 0.500. The Morgan fingerprint density at radius 2 is 2.04 bits per heavy atom. The third-order valence-electron chi connectivity index (χ3n) is 4.58. The van der Waals surface area contributed by atoms with Crippen molar-refractivity contribution in [1.82, 2.24) is 10.2 Å². The molecular weight excluding hydrogens is 344 g/mol. The second kappa shape index (κ2) is 7.11. The van der Waals surface area contributed by atoms with E-state index in [1.54, 1.807) is 6.07 Å². The molecule has 0 aromatic heterocycles. The Morgan fingerprint density at radius 3 is 2.80 bits per heavy atom. The Kier molecular flexibility index (Phi) is 5.07. The molecule has 8 nitrogen and oxygen atoms in total. The molecule has 2 fully saturated rings. The van der Waals surface area contributed by atoms with Gasteiger partial charge in [-0.15, -0.1) is 0 Å². The van der Waals surface area contributed by atoms with Crippen LogP contribution in [0.4, 0.5) is 5.69 Å². The molecule has 2 heterocycles. The molecule has 3 rings (SSSR count). The third kappa shape index (κ3) is 4.00. The van der Waals surface area contributed by atoms with Crippen molar-refractivity contribution in [3.05, 3.63) is 24.3 Å². The van der Waals surface area contributed by atoms with Gasteiger partial charge in [0.15, 0.2) is 0 Å². The van der Waals surface area contributed by atoms with Gasteiger partial charge in [-0.1, -0.05) is 6.07 Å². The number of nitrogens with zero attached hydrogens (tertiary/aromatic N) is 2. The standard InChI is InChI=1S/C16H22N4O4S/c17-25(23,24)14-4-1-3-13(10-14)20-11-12(9-15(20)21)16(22)19-7-2-5-18-6-8-19/h1,3-4,10,12,18H,2,5-9,11H2,(H2,17,23,24). The van der Waals surface area contributed by atoms with Crippen molar-refractivity contribution >= 4 is 27.5 Å². The van der Waals surface area contributed by atoms with Gasteiger partial charge in [0.25, 0.3) is 0 Å². The molecule has 1 atom stereocenters. The Labute approximate surface area is 147 Å². The Bertz CT molecular complexity index is 772. The van der Waals surface area contributed by atoms with E-state index in [-0.39, 0.29) is 29.7 Å². The van der Waals surface area contributed by atoms with Crippen molar-refractivity contribution in [2.45, 2.75) is 17.7 Å². The fourth-order valence-corrected chi connectivity index (χ4v) is 3.83. The molecule has 3 N–H and O–H groups in total. The predicted octanol–water partition coefficient (Wildman–Crippen LogP) is -0.491. The van der Waals surface area contributed by atoms with Crippen LogP contribution in [0.25, 0.3) is 0 Å². The number of anilines is 1. The molecule has 136 valence electrons. The first-order valence-corrected chi connectivity index (χ1v) is 9.83. The maximum atomic E-state index is 12.7. The molecule has 0 radical (unpaired) electrons. The number of amides is 2. The van der Waals surface area contributed by atoms with E-state index in [2.05, 4.69) is 5.32 Å². The SMILES string of the molecule is NS(=O)(=O)c1cccc(N2CC(C(=O)N3CCCNCC3)CC2=O)c1. The number of nitrogens with one attached hydrogen (secondary N) is 1.